The molecule has 1 heterocycles. The van der Waals surface area contributed by atoms with Crippen LogP contribution >= 0.6 is 0 Å². The summed E-state index contributed by atoms with van der Waals surface area (Å²) in [5, 5.41) is 6.68. The topological polar surface area (TPSA) is 41.1 Å². The molecule has 0 aromatic heterocycles. The molecule has 4 bridgehead atoms. The van der Waals surface area contributed by atoms with Crippen molar-refractivity contribution in [2.24, 2.45) is 29.1 Å². The molecule has 1 atom stereocenters. The number of hydrogen-bond acceptors (Lipinski definition) is 2. The number of carbonyl (C=O) groups excluding carboxylic acids is 1. The van der Waals surface area contributed by atoms with Crippen molar-refractivity contribution in [1.29, 1.82) is 0 Å². The fraction of sp³-hybridized carbons (Fsp3) is 0.938. The maximum Gasteiger partial charge on any atom is 0.226 e. The van der Waals surface area contributed by atoms with Crippen LogP contribution in [0.2, 0.25) is 0 Å². The lowest BCUT2D eigenvalue weighted by molar-refractivity contribution is -0.146. The predicted octanol–water partition coefficient (Wildman–Crippen LogP) is 1.93. The van der Waals surface area contributed by atoms with Crippen molar-refractivity contribution in [3.63, 3.8) is 0 Å². The lowest BCUT2D eigenvalue weighted by Crippen LogP contribution is -2.54. The minimum absolute atomic E-state index is 0.0424. The molecule has 0 spiro atoms. The van der Waals surface area contributed by atoms with E-state index in [0.717, 1.165) is 37.4 Å². The van der Waals surface area contributed by atoms with Crippen molar-refractivity contribution >= 4 is 5.91 Å². The van der Waals surface area contributed by atoms with Crippen LogP contribution in [0.3, 0.4) is 0 Å². The van der Waals surface area contributed by atoms with Gasteiger partial charge in [-0.25, -0.2) is 0 Å². The molecule has 4 aliphatic carbocycles. The van der Waals surface area contributed by atoms with Crippen LogP contribution in [0.4, 0.5) is 0 Å². The van der Waals surface area contributed by atoms with Gasteiger partial charge in [-0.2, -0.15) is 0 Å². The molecule has 1 amide bonds. The van der Waals surface area contributed by atoms with Crippen LogP contribution in [0, 0.1) is 29.1 Å². The molecule has 1 saturated heterocycles. The smallest absolute Gasteiger partial charge is 0.226 e. The Morgan fingerprint density at radius 1 is 1.11 bits per heavy atom. The number of amides is 1. The maximum atomic E-state index is 12.7. The van der Waals surface area contributed by atoms with Crippen LogP contribution in [0.25, 0.3) is 0 Å². The summed E-state index contributed by atoms with van der Waals surface area (Å²) in [6.45, 7) is 3.10. The van der Waals surface area contributed by atoms with E-state index in [-0.39, 0.29) is 5.41 Å². The summed E-state index contributed by atoms with van der Waals surface area (Å²) in [5.74, 6) is 3.66. The van der Waals surface area contributed by atoms with E-state index < -0.39 is 0 Å². The van der Waals surface area contributed by atoms with Crippen molar-refractivity contribution in [2.75, 3.05) is 19.6 Å². The molecule has 5 fully saturated rings. The van der Waals surface area contributed by atoms with Crippen LogP contribution in [-0.4, -0.2) is 25.5 Å². The van der Waals surface area contributed by atoms with Gasteiger partial charge in [0, 0.05) is 12.0 Å². The van der Waals surface area contributed by atoms with Gasteiger partial charge in [-0.1, -0.05) is 0 Å². The Labute approximate surface area is 115 Å². The molecule has 5 aliphatic rings. The first kappa shape index (κ1) is 12.2. The Morgan fingerprint density at radius 3 is 2.26 bits per heavy atom. The molecule has 4 saturated carbocycles. The van der Waals surface area contributed by atoms with Gasteiger partial charge < -0.3 is 10.6 Å². The lowest BCUT2D eigenvalue weighted by Gasteiger charge is -2.55. The number of nitrogens with one attached hydrogen (secondary N) is 2. The van der Waals surface area contributed by atoms with Crippen molar-refractivity contribution < 1.29 is 4.79 Å². The summed E-state index contributed by atoms with van der Waals surface area (Å²) in [7, 11) is 0. The van der Waals surface area contributed by atoms with Gasteiger partial charge >= 0.3 is 0 Å². The average Bonchev–Trinajstić information content (AvgIpc) is 2.87. The predicted molar refractivity (Wildman–Crippen MR) is 74.6 cm³/mol. The molecule has 0 aromatic carbocycles. The molecule has 5 rings (SSSR count). The Morgan fingerprint density at radius 2 is 1.74 bits per heavy atom. The second kappa shape index (κ2) is 4.47. The maximum absolute atomic E-state index is 12.7. The summed E-state index contributed by atoms with van der Waals surface area (Å²) in [6, 6.07) is 0. The van der Waals surface area contributed by atoms with Gasteiger partial charge in [0.2, 0.25) is 5.91 Å². The molecular formula is C16H26N2O. The monoisotopic (exact) mass is 262 g/mol. The third-order valence-corrected chi connectivity index (χ3v) is 6.23. The number of carbonyl (C=O) groups is 1. The third-order valence-electron chi connectivity index (χ3n) is 6.23. The van der Waals surface area contributed by atoms with Crippen LogP contribution in [-0.2, 0) is 4.79 Å². The van der Waals surface area contributed by atoms with Crippen molar-refractivity contribution in [3.05, 3.63) is 0 Å². The third kappa shape index (κ3) is 2.10. The second-order valence-corrected chi connectivity index (χ2v) is 7.77. The van der Waals surface area contributed by atoms with Gasteiger partial charge in [-0.05, 0) is 81.7 Å². The van der Waals surface area contributed by atoms with E-state index in [4.69, 9.17) is 0 Å². The standard InChI is InChI=1S/C16H26N2O/c19-15(18-10-11-1-2-17-9-11)16-6-12-3-13(7-16)5-14(4-12)8-16/h11-14,17H,1-10H2,(H,18,19). The fourth-order valence-electron chi connectivity index (χ4n) is 5.70. The zero-order chi connectivity index (χ0) is 12.9. The van der Waals surface area contributed by atoms with Crippen LogP contribution in [0.5, 0.6) is 0 Å². The zero-order valence-corrected chi connectivity index (χ0v) is 11.8. The zero-order valence-electron chi connectivity index (χ0n) is 11.8. The van der Waals surface area contributed by atoms with Gasteiger partial charge in [0.1, 0.15) is 0 Å². The molecule has 0 aromatic rings. The largest absolute Gasteiger partial charge is 0.355 e. The lowest BCUT2D eigenvalue weighted by atomic mass is 9.49. The molecule has 106 valence electrons. The molecule has 3 nitrogen and oxygen atoms in total. The molecule has 1 aliphatic heterocycles. The minimum atomic E-state index is 0.0424. The molecule has 0 radical (unpaired) electrons. The second-order valence-electron chi connectivity index (χ2n) is 7.77. The summed E-state index contributed by atoms with van der Waals surface area (Å²) < 4.78 is 0. The van der Waals surface area contributed by atoms with E-state index in [9.17, 15) is 4.79 Å². The molecule has 1 unspecified atom stereocenters. The van der Waals surface area contributed by atoms with Crippen molar-refractivity contribution in [1.82, 2.24) is 10.6 Å². The summed E-state index contributed by atoms with van der Waals surface area (Å²) >= 11 is 0. The number of rotatable bonds is 3. The Hall–Kier alpha value is -0.570. The van der Waals surface area contributed by atoms with Gasteiger partial charge in [0.25, 0.3) is 0 Å². The van der Waals surface area contributed by atoms with Crippen molar-refractivity contribution in [2.45, 2.75) is 44.9 Å². The Balaban J connectivity index is 1.41. The van der Waals surface area contributed by atoms with E-state index >= 15 is 0 Å². The van der Waals surface area contributed by atoms with E-state index in [1.165, 1.54) is 44.9 Å². The molecule has 19 heavy (non-hydrogen) atoms. The highest BCUT2D eigenvalue weighted by atomic mass is 16.2. The van der Waals surface area contributed by atoms with Crippen molar-refractivity contribution in [3.8, 4) is 0 Å². The highest BCUT2D eigenvalue weighted by Gasteiger charge is 2.54. The summed E-state index contributed by atoms with van der Waals surface area (Å²) in [4.78, 5) is 12.7. The fourth-order valence-corrected chi connectivity index (χ4v) is 5.70. The highest BCUT2D eigenvalue weighted by Crippen LogP contribution is 2.60. The molecule has 3 heteroatoms. The number of hydrogen-bond donors (Lipinski definition) is 2. The molecule has 2 N–H and O–H groups in total. The first-order valence-electron chi connectivity index (χ1n) is 8.22. The Bertz CT molecular complexity index is 338. The Kier molecular flexibility index (Phi) is 2.87. The van der Waals surface area contributed by atoms with Gasteiger partial charge in [-0.3, -0.25) is 4.79 Å². The van der Waals surface area contributed by atoms with E-state index in [2.05, 4.69) is 10.6 Å². The normalized spacial score (nSPS) is 47.6. The first-order chi connectivity index (χ1) is 9.23. The van der Waals surface area contributed by atoms with E-state index in [0.29, 0.717) is 11.8 Å². The van der Waals surface area contributed by atoms with Crippen LogP contribution in [0.15, 0.2) is 0 Å². The summed E-state index contributed by atoms with van der Waals surface area (Å²) in [6.07, 6.45) is 9.04. The van der Waals surface area contributed by atoms with Gasteiger partial charge in [0.05, 0.1) is 0 Å². The van der Waals surface area contributed by atoms with Gasteiger partial charge in [-0.15, -0.1) is 0 Å². The van der Waals surface area contributed by atoms with E-state index in [1.807, 2.05) is 0 Å². The van der Waals surface area contributed by atoms with E-state index in [1.54, 1.807) is 0 Å². The van der Waals surface area contributed by atoms with Crippen LogP contribution in [0.1, 0.15) is 44.9 Å². The average molecular weight is 262 g/mol. The SMILES string of the molecule is O=C(NCC1CCNC1)C12CC3CC(CC(C3)C1)C2. The quantitative estimate of drug-likeness (QED) is 0.816. The highest BCUT2D eigenvalue weighted by molar-refractivity contribution is 5.83. The molecular weight excluding hydrogens is 236 g/mol. The summed E-state index contributed by atoms with van der Waals surface area (Å²) in [5.41, 5.74) is 0.0424. The minimum Gasteiger partial charge on any atom is -0.355 e. The first-order valence-corrected chi connectivity index (χ1v) is 8.22. The van der Waals surface area contributed by atoms with Gasteiger partial charge in [0.15, 0.2) is 0 Å². The van der Waals surface area contributed by atoms with Crippen LogP contribution < -0.4 is 10.6 Å².